The zero-order valence-electron chi connectivity index (χ0n) is 15.1. The van der Waals surface area contributed by atoms with Crippen LogP contribution in [0.4, 0.5) is 0 Å². The maximum Gasteiger partial charge on any atom is 0.281 e. The molecular formula is C19H27N3O3S. The Balaban J connectivity index is 1.38. The fourth-order valence-electron chi connectivity index (χ4n) is 3.96. The molecule has 1 N–H and O–H groups in total. The second-order valence-electron chi connectivity index (χ2n) is 7.23. The lowest BCUT2D eigenvalue weighted by molar-refractivity contribution is 0.133. The molecule has 0 bridgehead atoms. The summed E-state index contributed by atoms with van der Waals surface area (Å²) in [5.74, 6) is 0.873. The first-order valence-corrected chi connectivity index (χ1v) is 11.0. The van der Waals surface area contributed by atoms with Crippen LogP contribution >= 0.6 is 0 Å². The van der Waals surface area contributed by atoms with Gasteiger partial charge in [0.25, 0.3) is 10.2 Å². The molecule has 2 saturated heterocycles. The van der Waals surface area contributed by atoms with Gasteiger partial charge in [-0.05, 0) is 43.9 Å². The molecule has 142 valence electrons. The molecule has 0 atom stereocenters. The Hall–Kier alpha value is -1.57. The molecule has 0 amide bonds. The number of nitrogens with zero attached hydrogens (tertiary/aromatic N) is 2. The third-order valence-corrected chi connectivity index (χ3v) is 7.50. The smallest absolute Gasteiger partial charge is 0.281 e. The molecule has 6 nitrogen and oxygen atoms in total. The molecule has 3 heterocycles. The molecular weight excluding hydrogens is 350 g/mol. The standard InChI is InChI=1S/C19H27N3O3S/c23-26(24,21-12-3-1-2-4-13-21)22-14-9-16(10-15-22)25-19-7-5-6-18-17(19)8-11-20-18/h5-8,11,16,20H,1-4,9-10,12-15H2. The number of benzene rings is 1. The van der Waals surface area contributed by atoms with E-state index in [1.807, 2.05) is 30.5 Å². The second-order valence-corrected chi connectivity index (χ2v) is 9.16. The lowest BCUT2D eigenvalue weighted by Gasteiger charge is -2.34. The number of rotatable bonds is 4. The number of aromatic nitrogens is 1. The summed E-state index contributed by atoms with van der Waals surface area (Å²) in [6.45, 7) is 2.39. The number of piperidine rings is 1. The van der Waals surface area contributed by atoms with Crippen molar-refractivity contribution in [3.05, 3.63) is 30.5 Å². The first kappa shape index (κ1) is 17.8. The van der Waals surface area contributed by atoms with Crippen molar-refractivity contribution in [1.82, 2.24) is 13.6 Å². The zero-order chi connectivity index (χ0) is 18.0. The lowest BCUT2D eigenvalue weighted by atomic mass is 10.1. The SMILES string of the molecule is O=S(=O)(N1CCCCCC1)N1CCC(Oc2cccc3[nH]ccc23)CC1. The molecule has 7 heteroatoms. The maximum absolute atomic E-state index is 12.9. The van der Waals surface area contributed by atoms with E-state index in [4.69, 9.17) is 4.74 Å². The van der Waals surface area contributed by atoms with Crippen molar-refractivity contribution in [2.24, 2.45) is 0 Å². The average Bonchev–Trinajstić information content (AvgIpc) is 2.96. The highest BCUT2D eigenvalue weighted by Gasteiger charge is 2.33. The monoisotopic (exact) mass is 377 g/mol. The Morgan fingerprint density at radius 3 is 2.35 bits per heavy atom. The summed E-state index contributed by atoms with van der Waals surface area (Å²) in [5, 5.41) is 1.08. The Bertz CT molecular complexity index is 833. The van der Waals surface area contributed by atoms with Gasteiger partial charge in [0.1, 0.15) is 11.9 Å². The van der Waals surface area contributed by atoms with Crippen LogP contribution in [-0.4, -0.2) is 54.3 Å². The van der Waals surface area contributed by atoms with Gasteiger partial charge in [-0.3, -0.25) is 0 Å². The minimum Gasteiger partial charge on any atom is -0.490 e. The van der Waals surface area contributed by atoms with Crippen LogP contribution in [0.3, 0.4) is 0 Å². The van der Waals surface area contributed by atoms with E-state index in [2.05, 4.69) is 4.98 Å². The van der Waals surface area contributed by atoms with E-state index in [0.29, 0.717) is 26.2 Å². The van der Waals surface area contributed by atoms with Gasteiger partial charge in [0.15, 0.2) is 0 Å². The number of hydrogen-bond acceptors (Lipinski definition) is 3. The number of nitrogens with one attached hydrogen (secondary N) is 1. The van der Waals surface area contributed by atoms with Crippen molar-refractivity contribution >= 4 is 21.1 Å². The first-order chi connectivity index (χ1) is 12.6. The molecule has 2 aliphatic heterocycles. The molecule has 2 fully saturated rings. The van der Waals surface area contributed by atoms with Gasteiger partial charge in [-0.25, -0.2) is 0 Å². The van der Waals surface area contributed by atoms with Crippen LogP contribution in [0.2, 0.25) is 0 Å². The molecule has 2 aliphatic rings. The van der Waals surface area contributed by atoms with E-state index in [9.17, 15) is 8.42 Å². The summed E-state index contributed by atoms with van der Waals surface area (Å²) < 4.78 is 35.3. The predicted octanol–water partition coefficient (Wildman–Crippen LogP) is 3.13. The molecule has 1 aromatic heterocycles. The highest BCUT2D eigenvalue weighted by Crippen LogP contribution is 2.28. The van der Waals surface area contributed by atoms with Crippen molar-refractivity contribution in [2.45, 2.75) is 44.6 Å². The van der Waals surface area contributed by atoms with Crippen LogP contribution in [0.1, 0.15) is 38.5 Å². The minimum absolute atomic E-state index is 0.0612. The highest BCUT2D eigenvalue weighted by atomic mass is 32.2. The van der Waals surface area contributed by atoms with Crippen molar-refractivity contribution < 1.29 is 13.2 Å². The topological polar surface area (TPSA) is 65.6 Å². The fraction of sp³-hybridized carbons (Fsp3) is 0.579. The van der Waals surface area contributed by atoms with Crippen LogP contribution in [0.15, 0.2) is 30.5 Å². The summed E-state index contributed by atoms with van der Waals surface area (Å²) in [6.07, 6.45) is 7.64. The van der Waals surface area contributed by atoms with Gasteiger partial charge in [-0.15, -0.1) is 0 Å². The molecule has 0 saturated carbocycles. The highest BCUT2D eigenvalue weighted by molar-refractivity contribution is 7.86. The average molecular weight is 378 g/mol. The van der Waals surface area contributed by atoms with Crippen molar-refractivity contribution in [2.75, 3.05) is 26.2 Å². The number of aromatic amines is 1. The van der Waals surface area contributed by atoms with E-state index in [0.717, 1.165) is 55.2 Å². The van der Waals surface area contributed by atoms with Gasteiger partial charge in [0, 0.05) is 43.3 Å². The Kier molecular flexibility index (Phi) is 5.20. The van der Waals surface area contributed by atoms with E-state index in [1.54, 1.807) is 8.61 Å². The van der Waals surface area contributed by atoms with Gasteiger partial charge >= 0.3 is 0 Å². The zero-order valence-corrected chi connectivity index (χ0v) is 15.9. The third kappa shape index (κ3) is 3.61. The van der Waals surface area contributed by atoms with E-state index < -0.39 is 10.2 Å². The van der Waals surface area contributed by atoms with Gasteiger partial charge in [-0.2, -0.15) is 17.0 Å². The van der Waals surface area contributed by atoms with Crippen LogP contribution in [0.5, 0.6) is 5.75 Å². The minimum atomic E-state index is -3.32. The molecule has 0 unspecified atom stereocenters. The molecule has 4 rings (SSSR count). The fourth-order valence-corrected chi connectivity index (χ4v) is 5.67. The molecule has 2 aromatic rings. The molecule has 0 radical (unpaired) electrons. The Labute approximate surface area is 155 Å². The Morgan fingerprint density at radius 1 is 0.923 bits per heavy atom. The van der Waals surface area contributed by atoms with Crippen LogP contribution < -0.4 is 4.74 Å². The van der Waals surface area contributed by atoms with Crippen LogP contribution in [0, 0.1) is 0 Å². The summed E-state index contributed by atoms with van der Waals surface area (Å²) in [7, 11) is -3.32. The molecule has 26 heavy (non-hydrogen) atoms. The van der Waals surface area contributed by atoms with E-state index >= 15 is 0 Å². The third-order valence-electron chi connectivity index (χ3n) is 5.47. The van der Waals surface area contributed by atoms with E-state index in [-0.39, 0.29) is 6.10 Å². The van der Waals surface area contributed by atoms with E-state index in [1.165, 1.54) is 0 Å². The lowest BCUT2D eigenvalue weighted by Crippen LogP contribution is -2.48. The van der Waals surface area contributed by atoms with Crippen molar-refractivity contribution in [1.29, 1.82) is 0 Å². The summed E-state index contributed by atoms with van der Waals surface area (Å²) in [5.41, 5.74) is 1.06. The second kappa shape index (κ2) is 7.58. The van der Waals surface area contributed by atoms with Gasteiger partial charge in [-0.1, -0.05) is 18.9 Å². The van der Waals surface area contributed by atoms with Gasteiger partial charge < -0.3 is 9.72 Å². The molecule has 0 spiro atoms. The van der Waals surface area contributed by atoms with Crippen LogP contribution in [-0.2, 0) is 10.2 Å². The van der Waals surface area contributed by atoms with Crippen LogP contribution in [0.25, 0.3) is 10.9 Å². The molecule has 0 aliphatic carbocycles. The van der Waals surface area contributed by atoms with Crippen molar-refractivity contribution in [3.8, 4) is 5.75 Å². The Morgan fingerprint density at radius 2 is 1.62 bits per heavy atom. The quantitative estimate of drug-likeness (QED) is 0.890. The first-order valence-electron chi connectivity index (χ1n) is 9.62. The predicted molar refractivity (Wildman–Crippen MR) is 102 cm³/mol. The summed E-state index contributed by atoms with van der Waals surface area (Å²) >= 11 is 0. The number of fused-ring (bicyclic) bond motifs is 1. The normalized spacial score (nSPS) is 21.7. The number of H-pyrrole nitrogens is 1. The number of ether oxygens (including phenoxy) is 1. The summed E-state index contributed by atoms with van der Waals surface area (Å²) in [6, 6.07) is 8.01. The maximum atomic E-state index is 12.9. The summed E-state index contributed by atoms with van der Waals surface area (Å²) in [4.78, 5) is 3.19. The van der Waals surface area contributed by atoms with Gasteiger partial charge in [0.2, 0.25) is 0 Å². The molecule has 1 aromatic carbocycles. The van der Waals surface area contributed by atoms with Gasteiger partial charge in [0.05, 0.1) is 0 Å². The number of hydrogen-bond donors (Lipinski definition) is 1. The van der Waals surface area contributed by atoms with Crippen molar-refractivity contribution in [3.63, 3.8) is 0 Å². The largest absolute Gasteiger partial charge is 0.490 e.